The van der Waals surface area contributed by atoms with Crippen LogP contribution in [0.4, 0.5) is 0 Å². The van der Waals surface area contributed by atoms with Crippen molar-refractivity contribution in [3.63, 3.8) is 0 Å². The molecule has 0 bridgehead atoms. The third-order valence-electron chi connectivity index (χ3n) is 2.69. The van der Waals surface area contributed by atoms with E-state index in [1.54, 1.807) is 5.57 Å². The van der Waals surface area contributed by atoms with Gasteiger partial charge in [0, 0.05) is 0 Å². The fourth-order valence-electron chi connectivity index (χ4n) is 2.10. The molecule has 0 radical (unpaired) electrons. The highest BCUT2D eigenvalue weighted by Crippen LogP contribution is 2.36. The van der Waals surface area contributed by atoms with E-state index >= 15 is 0 Å². The standard InChI is InChI=1S/C11H14/c1-8-7-9(2)11-6-4-3-5-10(8)11/h3,5,7,9H,4,6H2,1-2H3. The Bertz CT molecular complexity index is 264. The average molecular weight is 146 g/mol. The topological polar surface area (TPSA) is 0 Å². The van der Waals surface area contributed by atoms with Crippen LogP contribution < -0.4 is 0 Å². The summed E-state index contributed by atoms with van der Waals surface area (Å²) in [5, 5.41) is 0. The molecule has 1 unspecified atom stereocenters. The first-order valence-corrected chi connectivity index (χ1v) is 4.37. The van der Waals surface area contributed by atoms with E-state index in [-0.39, 0.29) is 0 Å². The molecule has 0 aromatic rings. The quantitative estimate of drug-likeness (QED) is 0.492. The van der Waals surface area contributed by atoms with Gasteiger partial charge in [0.2, 0.25) is 0 Å². The lowest BCUT2D eigenvalue weighted by Gasteiger charge is -2.12. The van der Waals surface area contributed by atoms with Crippen LogP contribution in [0.2, 0.25) is 0 Å². The van der Waals surface area contributed by atoms with Gasteiger partial charge < -0.3 is 0 Å². The third-order valence-corrected chi connectivity index (χ3v) is 2.69. The second-order valence-corrected chi connectivity index (χ2v) is 3.52. The van der Waals surface area contributed by atoms with Gasteiger partial charge in [-0.15, -0.1) is 0 Å². The highest BCUT2D eigenvalue weighted by molar-refractivity contribution is 5.51. The fourth-order valence-corrected chi connectivity index (χ4v) is 2.10. The number of allylic oxidation sites excluding steroid dienone is 6. The summed E-state index contributed by atoms with van der Waals surface area (Å²) in [6.07, 6.45) is 9.47. The summed E-state index contributed by atoms with van der Waals surface area (Å²) in [7, 11) is 0. The van der Waals surface area contributed by atoms with Crippen molar-refractivity contribution >= 4 is 0 Å². The van der Waals surface area contributed by atoms with Crippen molar-refractivity contribution in [2.45, 2.75) is 26.7 Å². The minimum absolute atomic E-state index is 0.704. The maximum atomic E-state index is 2.38. The molecule has 0 spiro atoms. The first-order valence-electron chi connectivity index (χ1n) is 4.37. The zero-order valence-electron chi connectivity index (χ0n) is 7.22. The molecule has 0 heterocycles. The smallest absolute Gasteiger partial charge is 0.00365 e. The van der Waals surface area contributed by atoms with Crippen molar-refractivity contribution < 1.29 is 0 Å². The Balaban J connectivity index is 2.42. The molecule has 0 fully saturated rings. The van der Waals surface area contributed by atoms with Crippen molar-refractivity contribution in [2.24, 2.45) is 5.92 Å². The molecule has 0 saturated heterocycles. The Morgan fingerprint density at radius 2 is 2.27 bits per heavy atom. The molecule has 1 atom stereocenters. The summed E-state index contributed by atoms with van der Waals surface area (Å²) in [5.74, 6) is 0.704. The lowest BCUT2D eigenvalue weighted by atomic mass is 9.93. The Labute approximate surface area is 68.3 Å². The Hall–Kier alpha value is -0.780. The van der Waals surface area contributed by atoms with Crippen LogP contribution in [0, 0.1) is 5.92 Å². The SMILES string of the molecule is CC1=CC(C)C2=C1C=CCC2. The van der Waals surface area contributed by atoms with Gasteiger partial charge >= 0.3 is 0 Å². The van der Waals surface area contributed by atoms with Crippen molar-refractivity contribution in [2.75, 3.05) is 0 Å². The third kappa shape index (κ3) is 0.973. The minimum atomic E-state index is 0.704. The highest BCUT2D eigenvalue weighted by atomic mass is 14.2. The van der Waals surface area contributed by atoms with Gasteiger partial charge in [-0.25, -0.2) is 0 Å². The van der Waals surface area contributed by atoms with Crippen LogP contribution in [0.3, 0.4) is 0 Å². The number of rotatable bonds is 0. The molecule has 0 saturated carbocycles. The van der Waals surface area contributed by atoms with E-state index in [1.807, 2.05) is 0 Å². The summed E-state index contributed by atoms with van der Waals surface area (Å²) < 4.78 is 0. The number of hydrogen-bond donors (Lipinski definition) is 0. The molecular formula is C11H14. The lowest BCUT2D eigenvalue weighted by molar-refractivity contribution is 0.785. The maximum absolute atomic E-state index is 2.38. The molecule has 0 N–H and O–H groups in total. The van der Waals surface area contributed by atoms with Crippen LogP contribution >= 0.6 is 0 Å². The zero-order chi connectivity index (χ0) is 7.84. The Kier molecular flexibility index (Phi) is 1.49. The molecule has 11 heavy (non-hydrogen) atoms. The van der Waals surface area contributed by atoms with Gasteiger partial charge in [-0.2, -0.15) is 0 Å². The first kappa shape index (κ1) is 6.90. The molecule has 0 heteroatoms. The largest absolute Gasteiger partial charge is 0.0836 e. The van der Waals surface area contributed by atoms with Crippen molar-refractivity contribution in [3.05, 3.63) is 34.9 Å². The molecule has 2 aliphatic rings. The van der Waals surface area contributed by atoms with E-state index < -0.39 is 0 Å². The molecule has 0 aromatic heterocycles. The molecule has 0 amide bonds. The molecule has 0 aliphatic heterocycles. The molecule has 2 aliphatic carbocycles. The van der Waals surface area contributed by atoms with Crippen LogP contribution in [0.15, 0.2) is 34.9 Å². The molecule has 2 rings (SSSR count). The predicted octanol–water partition coefficient (Wildman–Crippen LogP) is 3.23. The second kappa shape index (κ2) is 2.37. The van der Waals surface area contributed by atoms with E-state index in [4.69, 9.17) is 0 Å². The van der Waals surface area contributed by atoms with E-state index in [2.05, 4.69) is 32.1 Å². The lowest BCUT2D eigenvalue weighted by Crippen LogP contribution is -1.96. The van der Waals surface area contributed by atoms with Crippen LogP contribution in [-0.2, 0) is 0 Å². The van der Waals surface area contributed by atoms with E-state index in [1.165, 1.54) is 24.0 Å². The summed E-state index contributed by atoms with van der Waals surface area (Å²) in [6.45, 7) is 4.51. The van der Waals surface area contributed by atoms with Gasteiger partial charge in [-0.05, 0) is 36.8 Å². The second-order valence-electron chi connectivity index (χ2n) is 3.52. The van der Waals surface area contributed by atoms with Crippen molar-refractivity contribution in [1.82, 2.24) is 0 Å². The van der Waals surface area contributed by atoms with Crippen LogP contribution in [-0.4, -0.2) is 0 Å². The van der Waals surface area contributed by atoms with Crippen LogP contribution in [0.5, 0.6) is 0 Å². The van der Waals surface area contributed by atoms with Crippen LogP contribution in [0.1, 0.15) is 26.7 Å². The average Bonchev–Trinajstić information content (AvgIpc) is 2.30. The van der Waals surface area contributed by atoms with Gasteiger partial charge in [0.05, 0.1) is 0 Å². The summed E-state index contributed by atoms with van der Waals surface area (Å²) >= 11 is 0. The monoisotopic (exact) mass is 146 g/mol. The normalized spacial score (nSPS) is 28.9. The summed E-state index contributed by atoms with van der Waals surface area (Å²) in [5.41, 5.74) is 4.65. The fraction of sp³-hybridized carbons (Fsp3) is 0.455. The predicted molar refractivity (Wildman–Crippen MR) is 48.3 cm³/mol. The van der Waals surface area contributed by atoms with E-state index in [0.717, 1.165) is 0 Å². The Morgan fingerprint density at radius 1 is 1.45 bits per heavy atom. The molecular weight excluding hydrogens is 132 g/mol. The van der Waals surface area contributed by atoms with Crippen molar-refractivity contribution in [1.29, 1.82) is 0 Å². The molecule has 0 aromatic carbocycles. The summed E-state index contributed by atoms with van der Waals surface area (Å²) in [6, 6.07) is 0. The highest BCUT2D eigenvalue weighted by Gasteiger charge is 2.19. The zero-order valence-corrected chi connectivity index (χ0v) is 7.22. The van der Waals surface area contributed by atoms with E-state index in [9.17, 15) is 0 Å². The Morgan fingerprint density at radius 3 is 3.00 bits per heavy atom. The molecule has 58 valence electrons. The van der Waals surface area contributed by atoms with Gasteiger partial charge in [-0.1, -0.05) is 30.7 Å². The van der Waals surface area contributed by atoms with Gasteiger partial charge in [-0.3, -0.25) is 0 Å². The first-order chi connectivity index (χ1) is 5.29. The van der Waals surface area contributed by atoms with Gasteiger partial charge in [0.1, 0.15) is 0 Å². The molecule has 0 nitrogen and oxygen atoms in total. The van der Waals surface area contributed by atoms with Gasteiger partial charge in [0.15, 0.2) is 0 Å². The van der Waals surface area contributed by atoms with E-state index in [0.29, 0.717) is 5.92 Å². The van der Waals surface area contributed by atoms with Crippen molar-refractivity contribution in [3.8, 4) is 0 Å². The van der Waals surface area contributed by atoms with Gasteiger partial charge in [0.25, 0.3) is 0 Å². The maximum Gasteiger partial charge on any atom is -0.00365 e. The minimum Gasteiger partial charge on any atom is -0.0836 e. The summed E-state index contributed by atoms with van der Waals surface area (Å²) in [4.78, 5) is 0. The van der Waals surface area contributed by atoms with Crippen LogP contribution in [0.25, 0.3) is 0 Å². The number of hydrogen-bond acceptors (Lipinski definition) is 0.